The lowest BCUT2D eigenvalue weighted by Gasteiger charge is -2.37. The summed E-state index contributed by atoms with van der Waals surface area (Å²) in [7, 11) is 3.06. The number of nitrogens with one attached hydrogen (secondary N) is 3. The number of oxazole rings is 1. The number of fused-ring (bicyclic) bond motifs is 1. The predicted octanol–water partition coefficient (Wildman–Crippen LogP) is 4.36. The third-order valence-corrected chi connectivity index (χ3v) is 6.87. The van der Waals surface area contributed by atoms with E-state index in [4.69, 9.17) is 9.15 Å². The van der Waals surface area contributed by atoms with Crippen molar-refractivity contribution in [1.82, 2.24) is 24.6 Å². The summed E-state index contributed by atoms with van der Waals surface area (Å²) in [6.45, 7) is 5.52. The predicted molar refractivity (Wildman–Crippen MR) is 135 cm³/mol. The van der Waals surface area contributed by atoms with E-state index in [1.165, 1.54) is 15.4 Å². The van der Waals surface area contributed by atoms with Gasteiger partial charge in [-0.15, -0.1) is 0 Å². The molecule has 12 heteroatoms. The summed E-state index contributed by atoms with van der Waals surface area (Å²) in [5.74, 6) is -0.0146. The minimum atomic E-state index is -0.531. The molecule has 0 unspecified atom stereocenters. The molecule has 4 rings (SSSR count). The summed E-state index contributed by atoms with van der Waals surface area (Å²) in [5.41, 5.74) is 1.97. The first kappa shape index (κ1) is 23.7. The number of nitrogens with zero attached hydrogens (tertiary/aromatic N) is 3. The monoisotopic (exact) mass is 584 g/mol. The van der Waals surface area contributed by atoms with Crippen molar-refractivity contribution in [1.29, 1.82) is 0 Å². The van der Waals surface area contributed by atoms with Gasteiger partial charge in [0.1, 0.15) is 11.9 Å². The molecule has 3 aromatic heterocycles. The molecule has 1 aliphatic carbocycles. The van der Waals surface area contributed by atoms with E-state index in [-0.39, 0.29) is 23.7 Å². The van der Waals surface area contributed by atoms with Crippen LogP contribution in [0.3, 0.4) is 0 Å². The molecule has 0 spiro atoms. The molecule has 3 N–H and O–H groups in total. The number of carbonyl (C=O) groups is 2. The van der Waals surface area contributed by atoms with Crippen LogP contribution in [0.4, 0.5) is 10.5 Å². The van der Waals surface area contributed by atoms with Gasteiger partial charge in [-0.3, -0.25) is 8.77 Å². The average Bonchev–Trinajstić information content (AvgIpc) is 3.37. The average molecular weight is 584 g/mol. The molecule has 33 heavy (non-hydrogen) atoms. The van der Waals surface area contributed by atoms with Gasteiger partial charge in [-0.1, -0.05) is 0 Å². The molecule has 1 aliphatic rings. The Morgan fingerprint density at radius 3 is 2.73 bits per heavy atom. The number of alkyl carbamates (subject to hydrolysis) is 1. The van der Waals surface area contributed by atoms with Crippen molar-refractivity contribution in [3.63, 3.8) is 0 Å². The first-order valence-corrected chi connectivity index (χ1v) is 13.7. The number of rotatable bonds is 6. The fourth-order valence-electron chi connectivity index (χ4n) is 3.60. The van der Waals surface area contributed by atoms with Crippen molar-refractivity contribution in [2.24, 2.45) is 0 Å². The number of carbonyl (C=O) groups excluding carboxylic acids is 2. The smallest absolute Gasteiger partial charge is 0.407 e. The van der Waals surface area contributed by atoms with Gasteiger partial charge in [-0.05, 0) is 39.7 Å². The van der Waals surface area contributed by atoms with Crippen molar-refractivity contribution in [2.45, 2.75) is 51.3 Å². The van der Waals surface area contributed by atoms with E-state index in [0.717, 1.165) is 29.6 Å². The summed E-state index contributed by atoms with van der Waals surface area (Å²) < 4.78 is 12.9. The normalized spacial score (nSPS) is 18.0. The van der Waals surface area contributed by atoms with Gasteiger partial charge < -0.3 is 25.1 Å². The SMILES string of the molecule is CNC(=O)c1coc(-c2cnc3c(ccn3SI)c2N[C@H]2C[C@@H](NC(=O)OC(C)(C)C)C2)n1. The van der Waals surface area contributed by atoms with Crippen molar-refractivity contribution in [2.75, 3.05) is 12.4 Å². The van der Waals surface area contributed by atoms with E-state index >= 15 is 0 Å². The molecule has 3 heterocycles. The highest BCUT2D eigenvalue weighted by Crippen LogP contribution is 2.38. The number of hydrogen-bond acceptors (Lipinski definition) is 8. The molecule has 0 aliphatic heterocycles. The van der Waals surface area contributed by atoms with Crippen LogP contribution >= 0.6 is 30.3 Å². The van der Waals surface area contributed by atoms with Crippen molar-refractivity contribution in [3.05, 3.63) is 30.4 Å². The molecule has 1 saturated carbocycles. The molecule has 0 bridgehead atoms. The Kier molecular flexibility index (Phi) is 6.75. The van der Waals surface area contributed by atoms with E-state index in [9.17, 15) is 9.59 Å². The van der Waals surface area contributed by atoms with Crippen LogP contribution in [0.1, 0.15) is 44.1 Å². The molecule has 3 aromatic rings. The van der Waals surface area contributed by atoms with E-state index in [1.54, 1.807) is 13.2 Å². The molecular weight excluding hydrogens is 559 g/mol. The number of aromatic nitrogens is 3. The highest BCUT2D eigenvalue weighted by Gasteiger charge is 2.33. The van der Waals surface area contributed by atoms with Crippen LogP contribution in [0.25, 0.3) is 22.5 Å². The summed E-state index contributed by atoms with van der Waals surface area (Å²) in [6, 6.07) is 2.16. The number of hydrogen-bond donors (Lipinski definition) is 3. The Morgan fingerprint density at radius 2 is 2.06 bits per heavy atom. The highest BCUT2D eigenvalue weighted by atomic mass is 127. The molecule has 176 valence electrons. The summed E-state index contributed by atoms with van der Waals surface area (Å²) >= 11 is 2.20. The van der Waals surface area contributed by atoms with E-state index in [2.05, 4.69) is 47.1 Å². The van der Waals surface area contributed by atoms with Crippen LogP contribution in [-0.4, -0.2) is 50.7 Å². The minimum Gasteiger partial charge on any atom is -0.444 e. The van der Waals surface area contributed by atoms with Gasteiger partial charge in [-0.25, -0.2) is 14.8 Å². The topological polar surface area (TPSA) is 123 Å². The zero-order chi connectivity index (χ0) is 23.8. The Hall–Kier alpha value is -2.48. The number of amides is 2. The van der Waals surface area contributed by atoms with Crippen LogP contribution in [0.15, 0.2) is 29.1 Å². The lowest BCUT2D eigenvalue weighted by molar-refractivity contribution is 0.0475. The van der Waals surface area contributed by atoms with Crippen LogP contribution in [0.5, 0.6) is 0 Å². The highest BCUT2D eigenvalue weighted by molar-refractivity contribution is 14.2. The second kappa shape index (κ2) is 9.41. The Bertz CT molecular complexity index is 1180. The van der Waals surface area contributed by atoms with Gasteiger partial charge in [0.15, 0.2) is 11.3 Å². The van der Waals surface area contributed by atoms with Crippen LogP contribution in [-0.2, 0) is 4.74 Å². The maximum atomic E-state index is 12.0. The molecule has 10 nitrogen and oxygen atoms in total. The van der Waals surface area contributed by atoms with Crippen molar-refractivity contribution >= 4 is 59.0 Å². The third-order valence-electron chi connectivity index (χ3n) is 5.16. The van der Waals surface area contributed by atoms with Gasteiger partial charge >= 0.3 is 6.09 Å². The molecule has 1 fully saturated rings. The molecule has 2 amide bonds. The van der Waals surface area contributed by atoms with Gasteiger partial charge in [0, 0.05) is 67.2 Å². The van der Waals surface area contributed by atoms with Crippen molar-refractivity contribution < 1.29 is 18.7 Å². The number of pyridine rings is 1. The minimum absolute atomic E-state index is 0.0363. The second-order valence-corrected chi connectivity index (χ2v) is 10.5. The second-order valence-electron chi connectivity index (χ2n) is 8.77. The number of anilines is 1. The van der Waals surface area contributed by atoms with Gasteiger partial charge in [0.25, 0.3) is 5.91 Å². The first-order valence-electron chi connectivity index (χ1n) is 10.4. The lowest BCUT2D eigenvalue weighted by Crippen LogP contribution is -2.50. The molecular formula is C21H25IN6O4S. The van der Waals surface area contributed by atoms with Gasteiger partial charge in [0.05, 0.1) is 11.3 Å². The lowest BCUT2D eigenvalue weighted by atomic mass is 9.86. The summed E-state index contributed by atoms with van der Waals surface area (Å²) in [4.78, 5) is 32.9. The zero-order valence-corrected chi connectivity index (χ0v) is 21.6. The fraction of sp³-hybridized carbons (Fsp3) is 0.429. The van der Waals surface area contributed by atoms with Gasteiger partial charge in [0.2, 0.25) is 5.89 Å². The Labute approximate surface area is 207 Å². The van der Waals surface area contributed by atoms with Crippen LogP contribution < -0.4 is 16.0 Å². The quantitative estimate of drug-likeness (QED) is 0.366. The maximum Gasteiger partial charge on any atom is 0.407 e. The molecule has 0 aromatic carbocycles. The fourth-order valence-corrected chi connectivity index (χ4v) is 4.87. The Morgan fingerprint density at radius 1 is 1.30 bits per heavy atom. The molecule has 0 atom stereocenters. The van der Waals surface area contributed by atoms with E-state index in [0.29, 0.717) is 11.5 Å². The Balaban J connectivity index is 1.55. The summed E-state index contributed by atoms with van der Waals surface area (Å²) in [5, 5.41) is 9.94. The van der Waals surface area contributed by atoms with Crippen molar-refractivity contribution in [3.8, 4) is 11.5 Å². The summed E-state index contributed by atoms with van der Waals surface area (Å²) in [6.07, 6.45) is 6.07. The standard InChI is InChI=1S/C21H25IN6O4S/c1-21(2,3)32-20(30)26-12-7-11(8-12)25-16-13-5-6-28(33-22)17(13)24-9-14(16)19-27-15(10-31-19)18(29)23-4/h5-6,9-12H,7-8H2,1-4H3,(H,23,29)(H,24,25)(H,26,30)/t11-,12+. The zero-order valence-electron chi connectivity index (χ0n) is 18.6. The maximum absolute atomic E-state index is 12.0. The van der Waals surface area contributed by atoms with E-state index < -0.39 is 11.7 Å². The number of halogens is 1. The molecule has 0 saturated heterocycles. The number of ether oxygens (including phenoxy) is 1. The van der Waals surface area contributed by atoms with Crippen LogP contribution in [0.2, 0.25) is 0 Å². The van der Waals surface area contributed by atoms with Crippen LogP contribution in [0, 0.1) is 0 Å². The van der Waals surface area contributed by atoms with E-state index in [1.807, 2.05) is 37.0 Å². The van der Waals surface area contributed by atoms with Gasteiger partial charge in [-0.2, -0.15) is 0 Å². The third kappa shape index (κ3) is 5.21. The molecule has 0 radical (unpaired) electrons. The first-order chi connectivity index (χ1) is 15.7. The largest absolute Gasteiger partial charge is 0.444 e.